The Balaban J connectivity index is 2.22. The molecule has 0 fully saturated rings. The molecule has 0 saturated carbocycles. The van der Waals surface area contributed by atoms with Crippen molar-refractivity contribution in [3.05, 3.63) is 107 Å². The van der Waals surface area contributed by atoms with Crippen LogP contribution in [0.25, 0.3) is 0 Å². The van der Waals surface area contributed by atoms with Crippen molar-refractivity contribution < 1.29 is 19.6 Å². The molecule has 0 N–H and O–H groups in total. The van der Waals surface area contributed by atoms with E-state index in [9.17, 15) is 0 Å². The summed E-state index contributed by atoms with van der Waals surface area (Å²) in [5, 5.41) is 0. The zero-order valence-corrected chi connectivity index (χ0v) is 21.7. The van der Waals surface area contributed by atoms with E-state index >= 15 is 0 Å². The molecule has 2 unspecified atom stereocenters. The predicted molar refractivity (Wildman–Crippen MR) is 136 cm³/mol. The second kappa shape index (κ2) is 10.0. The molecule has 2 atom stereocenters. The van der Waals surface area contributed by atoms with Crippen LogP contribution in [0.5, 0.6) is 0 Å². The lowest BCUT2D eigenvalue weighted by atomic mass is 9.78. The van der Waals surface area contributed by atoms with Gasteiger partial charge in [0.2, 0.25) is 0 Å². The number of rotatable bonds is 8. The maximum absolute atomic E-state index is 6.29. The third-order valence-corrected chi connectivity index (χ3v) is 5.52. The minimum Gasteiger partial charge on any atom is -0.230 e. The summed E-state index contributed by atoms with van der Waals surface area (Å²) in [6.07, 6.45) is 0. The molecule has 182 valence electrons. The summed E-state index contributed by atoms with van der Waals surface area (Å²) < 4.78 is 0. The summed E-state index contributed by atoms with van der Waals surface area (Å²) in [6.45, 7) is 15.9. The molecule has 0 spiro atoms. The van der Waals surface area contributed by atoms with E-state index in [2.05, 4.69) is 36.4 Å². The van der Waals surface area contributed by atoms with E-state index < -0.39 is 22.4 Å². The number of benzene rings is 3. The van der Waals surface area contributed by atoms with E-state index in [0.717, 1.165) is 22.3 Å². The second-order valence-electron chi connectivity index (χ2n) is 10.9. The molecule has 34 heavy (non-hydrogen) atoms. The average molecular weight is 463 g/mol. The smallest absolute Gasteiger partial charge is 0.151 e. The molecular formula is C30H38O4. The maximum atomic E-state index is 6.29. The molecule has 0 aromatic heterocycles. The summed E-state index contributed by atoms with van der Waals surface area (Å²) in [4.78, 5) is 24.4. The second-order valence-corrected chi connectivity index (χ2v) is 10.9. The third kappa shape index (κ3) is 6.13. The van der Waals surface area contributed by atoms with Crippen LogP contribution in [-0.2, 0) is 30.8 Å². The lowest BCUT2D eigenvalue weighted by molar-refractivity contribution is -0.401. The summed E-state index contributed by atoms with van der Waals surface area (Å²) in [7, 11) is 0. The number of hydrogen-bond donors (Lipinski definition) is 0. The van der Waals surface area contributed by atoms with Gasteiger partial charge >= 0.3 is 0 Å². The van der Waals surface area contributed by atoms with Gasteiger partial charge in [0.25, 0.3) is 0 Å². The molecule has 3 rings (SSSR count). The van der Waals surface area contributed by atoms with Crippen LogP contribution in [-0.4, -0.2) is 11.2 Å². The minimum atomic E-state index is -0.910. The van der Waals surface area contributed by atoms with Crippen LogP contribution in [0.3, 0.4) is 0 Å². The Morgan fingerprint density at radius 1 is 0.382 bits per heavy atom. The van der Waals surface area contributed by atoms with E-state index in [1.807, 2.05) is 104 Å². The van der Waals surface area contributed by atoms with E-state index in [4.69, 9.17) is 19.6 Å². The van der Waals surface area contributed by atoms with Crippen LogP contribution in [0.4, 0.5) is 0 Å². The molecule has 0 saturated heterocycles. The fourth-order valence-electron chi connectivity index (χ4n) is 3.74. The fourth-order valence-corrected chi connectivity index (χ4v) is 3.74. The van der Waals surface area contributed by atoms with Crippen molar-refractivity contribution in [1.82, 2.24) is 0 Å². The quantitative estimate of drug-likeness (QED) is 0.254. The first-order valence-corrected chi connectivity index (χ1v) is 11.8. The first-order chi connectivity index (χ1) is 15.9. The van der Waals surface area contributed by atoms with Gasteiger partial charge in [-0.05, 0) is 77.6 Å². The SMILES string of the molecule is CC(C)(C)OOC(C)(c1ccccc1)c1ccccc1C(C)(OOC(C)(C)C)c1ccccc1. The van der Waals surface area contributed by atoms with Gasteiger partial charge in [0.15, 0.2) is 11.2 Å². The Bertz CT molecular complexity index is 964. The normalized spacial score (nSPS) is 16.0. The van der Waals surface area contributed by atoms with Crippen molar-refractivity contribution >= 4 is 0 Å². The molecule has 0 aliphatic rings. The lowest BCUT2D eigenvalue weighted by Gasteiger charge is -2.39. The third-order valence-electron chi connectivity index (χ3n) is 5.52. The molecule has 0 amide bonds. The zero-order valence-electron chi connectivity index (χ0n) is 21.7. The molecule has 0 aliphatic heterocycles. The first-order valence-electron chi connectivity index (χ1n) is 11.8. The summed E-state index contributed by atoms with van der Waals surface area (Å²) in [5.74, 6) is 0. The molecule has 3 aromatic carbocycles. The minimum absolute atomic E-state index is 0.487. The van der Waals surface area contributed by atoms with Gasteiger partial charge in [0.05, 0.1) is 11.2 Å². The van der Waals surface area contributed by atoms with Gasteiger partial charge in [-0.15, -0.1) is 0 Å². The Hall–Kier alpha value is -2.50. The van der Waals surface area contributed by atoms with Gasteiger partial charge < -0.3 is 0 Å². The van der Waals surface area contributed by atoms with Crippen molar-refractivity contribution in [3.8, 4) is 0 Å². The Labute approximate surface area is 204 Å². The standard InChI is InChI=1S/C30H38O4/c1-27(2,3)31-33-29(7,23-17-11-9-12-18-23)25-21-15-16-22-26(25)30(8,34-32-28(4,5)6)24-19-13-10-14-20-24/h9-22H,1-8H3. The van der Waals surface area contributed by atoms with Crippen molar-refractivity contribution in [3.63, 3.8) is 0 Å². The van der Waals surface area contributed by atoms with E-state index in [0.29, 0.717) is 0 Å². The monoisotopic (exact) mass is 462 g/mol. The van der Waals surface area contributed by atoms with Crippen LogP contribution in [0.2, 0.25) is 0 Å². The van der Waals surface area contributed by atoms with Gasteiger partial charge in [0, 0.05) is 0 Å². The molecular weight excluding hydrogens is 424 g/mol. The fraction of sp³-hybridized carbons (Fsp3) is 0.400. The molecule has 3 aromatic rings. The maximum Gasteiger partial charge on any atom is 0.151 e. The zero-order chi connectivity index (χ0) is 25.0. The van der Waals surface area contributed by atoms with Gasteiger partial charge in [-0.1, -0.05) is 84.9 Å². The van der Waals surface area contributed by atoms with Gasteiger partial charge in [-0.25, -0.2) is 19.6 Å². The Morgan fingerprint density at radius 3 is 0.971 bits per heavy atom. The lowest BCUT2D eigenvalue weighted by Crippen LogP contribution is -2.38. The van der Waals surface area contributed by atoms with Gasteiger partial charge in [0.1, 0.15) is 0 Å². The molecule has 4 nitrogen and oxygen atoms in total. The molecule has 4 heteroatoms. The molecule has 0 heterocycles. The van der Waals surface area contributed by atoms with Crippen molar-refractivity contribution in [2.75, 3.05) is 0 Å². The Morgan fingerprint density at radius 2 is 0.676 bits per heavy atom. The van der Waals surface area contributed by atoms with E-state index in [1.54, 1.807) is 0 Å². The van der Waals surface area contributed by atoms with Crippen molar-refractivity contribution in [1.29, 1.82) is 0 Å². The van der Waals surface area contributed by atoms with Crippen LogP contribution in [0.1, 0.15) is 77.6 Å². The Kier molecular flexibility index (Phi) is 7.69. The average Bonchev–Trinajstić information content (AvgIpc) is 2.81. The highest BCUT2D eigenvalue weighted by molar-refractivity contribution is 5.47. The van der Waals surface area contributed by atoms with Crippen LogP contribution in [0, 0.1) is 0 Å². The predicted octanol–water partition coefficient (Wildman–Crippen LogP) is 7.71. The first kappa shape index (κ1) is 26.1. The van der Waals surface area contributed by atoms with Crippen molar-refractivity contribution in [2.45, 2.75) is 77.8 Å². The highest BCUT2D eigenvalue weighted by Gasteiger charge is 2.42. The van der Waals surface area contributed by atoms with E-state index in [1.165, 1.54) is 0 Å². The topological polar surface area (TPSA) is 36.9 Å². The summed E-state index contributed by atoms with van der Waals surface area (Å²) in [5.41, 5.74) is 0.999. The van der Waals surface area contributed by atoms with Crippen molar-refractivity contribution in [2.24, 2.45) is 0 Å². The van der Waals surface area contributed by atoms with Crippen LogP contribution in [0.15, 0.2) is 84.9 Å². The highest BCUT2D eigenvalue weighted by atomic mass is 17.2. The van der Waals surface area contributed by atoms with Crippen LogP contribution >= 0.6 is 0 Å². The van der Waals surface area contributed by atoms with E-state index in [-0.39, 0.29) is 0 Å². The van der Waals surface area contributed by atoms with Crippen LogP contribution < -0.4 is 0 Å². The highest BCUT2D eigenvalue weighted by Crippen LogP contribution is 2.44. The van der Waals surface area contributed by atoms with Gasteiger partial charge in [-0.2, -0.15) is 0 Å². The molecule has 0 aliphatic carbocycles. The summed E-state index contributed by atoms with van der Waals surface area (Å²) >= 11 is 0. The summed E-state index contributed by atoms with van der Waals surface area (Å²) in [6, 6.07) is 28.4. The van der Waals surface area contributed by atoms with Gasteiger partial charge in [-0.3, -0.25) is 0 Å². The largest absolute Gasteiger partial charge is 0.230 e. The molecule has 0 bridgehead atoms. The number of hydrogen-bond acceptors (Lipinski definition) is 4. The molecule has 0 radical (unpaired) electrons.